The van der Waals surface area contributed by atoms with Gasteiger partial charge >= 0.3 is 6.01 Å². The summed E-state index contributed by atoms with van der Waals surface area (Å²) in [6.45, 7) is 0.548. The maximum absolute atomic E-state index is 12.4. The molecule has 5 rings (SSSR count). The minimum absolute atomic E-state index is 0.117. The molecule has 10 heteroatoms. The molecule has 1 N–H and O–H groups in total. The summed E-state index contributed by atoms with van der Waals surface area (Å²) in [5, 5.41) is 10.1. The number of rotatable bonds is 5. The Balaban J connectivity index is 1.22. The Labute approximate surface area is 175 Å². The van der Waals surface area contributed by atoms with Crippen LogP contribution in [-0.2, 0) is 11.2 Å². The van der Waals surface area contributed by atoms with Gasteiger partial charge in [-0.3, -0.25) is 24.6 Å². The van der Waals surface area contributed by atoms with Gasteiger partial charge in [-0.1, -0.05) is 23.3 Å². The Kier molecular flexibility index (Phi) is 4.58. The lowest BCUT2D eigenvalue weighted by Gasteiger charge is -2.18. The SMILES string of the molecule is O=C(CN1C(=O)c2ccccc2C1=O)Nc1nnc(Cc2ccc3c(c2)OCCO3)o1. The number of anilines is 1. The van der Waals surface area contributed by atoms with E-state index in [4.69, 9.17) is 13.9 Å². The molecule has 3 amide bonds. The largest absolute Gasteiger partial charge is 0.486 e. The molecule has 0 aliphatic carbocycles. The van der Waals surface area contributed by atoms with Crippen LogP contribution in [0.25, 0.3) is 0 Å². The molecule has 2 aliphatic rings. The van der Waals surface area contributed by atoms with Gasteiger partial charge in [0.05, 0.1) is 17.5 Å². The van der Waals surface area contributed by atoms with Crippen LogP contribution in [-0.4, -0.2) is 52.6 Å². The van der Waals surface area contributed by atoms with Crippen molar-refractivity contribution in [3.8, 4) is 11.5 Å². The molecule has 0 fully saturated rings. The molecule has 0 radical (unpaired) electrons. The van der Waals surface area contributed by atoms with Crippen molar-refractivity contribution in [3.05, 3.63) is 65.0 Å². The molecule has 156 valence electrons. The first-order chi connectivity index (χ1) is 15.1. The summed E-state index contributed by atoms with van der Waals surface area (Å²) in [5.41, 5.74) is 1.43. The first-order valence-corrected chi connectivity index (χ1v) is 9.54. The van der Waals surface area contributed by atoms with E-state index in [9.17, 15) is 14.4 Å². The third-order valence-electron chi connectivity index (χ3n) is 4.86. The average molecular weight is 420 g/mol. The first kappa shape index (κ1) is 18.8. The number of amides is 3. The van der Waals surface area contributed by atoms with Crippen LogP contribution in [0.4, 0.5) is 6.01 Å². The van der Waals surface area contributed by atoms with Gasteiger partial charge in [-0.15, -0.1) is 5.10 Å². The molecule has 2 aliphatic heterocycles. The number of nitrogens with zero attached hydrogens (tertiary/aromatic N) is 3. The van der Waals surface area contributed by atoms with Crippen LogP contribution in [0.3, 0.4) is 0 Å². The highest BCUT2D eigenvalue weighted by molar-refractivity contribution is 6.22. The van der Waals surface area contributed by atoms with Crippen LogP contribution in [0.1, 0.15) is 32.2 Å². The molecule has 31 heavy (non-hydrogen) atoms. The molecule has 2 aromatic carbocycles. The lowest BCUT2D eigenvalue weighted by atomic mass is 10.1. The van der Waals surface area contributed by atoms with Gasteiger partial charge in [-0.25, -0.2) is 0 Å². The fraction of sp³-hybridized carbons (Fsp3) is 0.190. The average Bonchev–Trinajstić information content (AvgIpc) is 3.31. The van der Waals surface area contributed by atoms with Gasteiger partial charge in [-0.2, -0.15) is 0 Å². The Bertz CT molecular complexity index is 1170. The number of carbonyl (C=O) groups excluding carboxylic acids is 3. The highest BCUT2D eigenvalue weighted by atomic mass is 16.6. The Hall–Kier alpha value is -4.21. The number of imide groups is 1. The van der Waals surface area contributed by atoms with Gasteiger partial charge in [0.15, 0.2) is 11.5 Å². The molecular formula is C21H16N4O6. The summed E-state index contributed by atoms with van der Waals surface area (Å²) >= 11 is 0. The zero-order valence-corrected chi connectivity index (χ0v) is 16.2. The van der Waals surface area contributed by atoms with Crippen molar-refractivity contribution in [2.75, 3.05) is 25.1 Å². The van der Waals surface area contributed by atoms with Gasteiger partial charge < -0.3 is 13.9 Å². The maximum Gasteiger partial charge on any atom is 0.322 e. The van der Waals surface area contributed by atoms with E-state index in [0.717, 1.165) is 10.5 Å². The van der Waals surface area contributed by atoms with E-state index >= 15 is 0 Å². The van der Waals surface area contributed by atoms with Crippen molar-refractivity contribution < 1.29 is 28.3 Å². The molecule has 10 nitrogen and oxygen atoms in total. The number of nitrogens with one attached hydrogen (secondary N) is 1. The van der Waals surface area contributed by atoms with E-state index in [0.29, 0.717) is 31.1 Å². The van der Waals surface area contributed by atoms with Crippen molar-refractivity contribution >= 4 is 23.7 Å². The molecule has 0 spiro atoms. The zero-order valence-electron chi connectivity index (χ0n) is 16.2. The van der Waals surface area contributed by atoms with E-state index in [1.165, 1.54) is 0 Å². The van der Waals surface area contributed by atoms with Crippen LogP contribution in [0, 0.1) is 0 Å². The third-order valence-corrected chi connectivity index (χ3v) is 4.86. The number of carbonyl (C=O) groups is 3. The quantitative estimate of drug-likeness (QED) is 0.618. The van der Waals surface area contributed by atoms with E-state index in [2.05, 4.69) is 15.5 Å². The number of aromatic nitrogens is 2. The van der Waals surface area contributed by atoms with Gasteiger partial charge in [0.25, 0.3) is 11.8 Å². The predicted molar refractivity (Wildman–Crippen MR) is 105 cm³/mol. The van der Waals surface area contributed by atoms with Crippen LogP contribution in [0.5, 0.6) is 11.5 Å². The molecule has 0 saturated heterocycles. The van der Waals surface area contributed by atoms with Crippen molar-refractivity contribution in [2.24, 2.45) is 0 Å². The summed E-state index contributed by atoms with van der Waals surface area (Å²) in [6.07, 6.45) is 0.331. The van der Waals surface area contributed by atoms with E-state index in [1.54, 1.807) is 24.3 Å². The molecule has 1 aromatic heterocycles. The van der Waals surface area contributed by atoms with Crippen LogP contribution < -0.4 is 14.8 Å². The maximum atomic E-state index is 12.4. The number of hydrogen-bond donors (Lipinski definition) is 1. The van der Waals surface area contributed by atoms with Crippen LogP contribution >= 0.6 is 0 Å². The topological polar surface area (TPSA) is 124 Å². The molecule has 3 heterocycles. The minimum Gasteiger partial charge on any atom is -0.486 e. The Morgan fingerprint density at radius 1 is 0.968 bits per heavy atom. The number of ether oxygens (including phenoxy) is 2. The fourth-order valence-corrected chi connectivity index (χ4v) is 3.43. The van der Waals surface area contributed by atoms with Crippen molar-refractivity contribution in [1.29, 1.82) is 0 Å². The molecule has 3 aromatic rings. The van der Waals surface area contributed by atoms with Crippen LogP contribution in [0.2, 0.25) is 0 Å². The second-order valence-corrected chi connectivity index (χ2v) is 6.95. The van der Waals surface area contributed by atoms with Crippen LogP contribution in [0.15, 0.2) is 46.9 Å². The molecular weight excluding hydrogens is 404 g/mol. The molecule has 0 bridgehead atoms. The standard InChI is InChI=1S/C21H16N4O6/c26-17(11-25-19(27)13-3-1-2-4-14(13)20(25)28)22-21-24-23-18(31-21)10-12-5-6-15-16(9-12)30-8-7-29-15/h1-6,9H,7-8,10-11H2,(H,22,24,26). The van der Waals surface area contributed by atoms with E-state index in [-0.39, 0.29) is 23.0 Å². The van der Waals surface area contributed by atoms with Crippen molar-refractivity contribution in [2.45, 2.75) is 6.42 Å². The lowest BCUT2D eigenvalue weighted by Crippen LogP contribution is -2.37. The molecule has 0 unspecified atom stereocenters. The number of benzene rings is 2. The summed E-state index contributed by atoms with van der Waals surface area (Å²) < 4.78 is 16.5. The first-order valence-electron chi connectivity index (χ1n) is 9.54. The van der Waals surface area contributed by atoms with Crippen molar-refractivity contribution in [1.82, 2.24) is 15.1 Å². The number of fused-ring (bicyclic) bond motifs is 2. The lowest BCUT2D eigenvalue weighted by molar-refractivity contribution is -0.116. The smallest absolute Gasteiger partial charge is 0.322 e. The fourth-order valence-electron chi connectivity index (χ4n) is 3.43. The van der Waals surface area contributed by atoms with E-state index < -0.39 is 24.3 Å². The Morgan fingerprint density at radius 3 is 2.42 bits per heavy atom. The zero-order chi connectivity index (χ0) is 21.4. The molecule has 0 saturated carbocycles. The second kappa shape index (κ2) is 7.56. The van der Waals surface area contributed by atoms with Gasteiger partial charge in [0.1, 0.15) is 19.8 Å². The van der Waals surface area contributed by atoms with Gasteiger partial charge in [0.2, 0.25) is 11.8 Å². The van der Waals surface area contributed by atoms with Gasteiger partial charge in [-0.05, 0) is 29.8 Å². The predicted octanol–water partition coefficient (Wildman–Crippen LogP) is 1.67. The van der Waals surface area contributed by atoms with E-state index in [1.807, 2.05) is 18.2 Å². The highest BCUT2D eigenvalue weighted by Gasteiger charge is 2.36. The second-order valence-electron chi connectivity index (χ2n) is 6.95. The highest BCUT2D eigenvalue weighted by Crippen LogP contribution is 2.31. The number of hydrogen-bond acceptors (Lipinski definition) is 8. The summed E-state index contributed by atoms with van der Waals surface area (Å²) in [6, 6.07) is 11.8. The molecule has 0 atom stereocenters. The summed E-state index contributed by atoms with van der Waals surface area (Å²) in [4.78, 5) is 37.9. The minimum atomic E-state index is -0.621. The van der Waals surface area contributed by atoms with Crippen molar-refractivity contribution in [3.63, 3.8) is 0 Å². The Morgan fingerprint density at radius 2 is 1.68 bits per heavy atom. The summed E-state index contributed by atoms with van der Waals surface area (Å²) in [7, 11) is 0. The monoisotopic (exact) mass is 420 g/mol. The normalized spacial score (nSPS) is 14.5. The third kappa shape index (κ3) is 3.59. The summed E-state index contributed by atoms with van der Waals surface area (Å²) in [5.74, 6) is -0.0303. The van der Waals surface area contributed by atoms with Gasteiger partial charge in [0, 0.05) is 0 Å².